The summed E-state index contributed by atoms with van der Waals surface area (Å²) in [4.78, 5) is 4.32. The minimum absolute atomic E-state index is 0.266. The minimum atomic E-state index is -0.879. The van der Waals surface area contributed by atoms with Crippen LogP contribution in [0.4, 0.5) is 0 Å². The molecule has 0 aliphatic carbocycles. The minimum Gasteiger partial charge on any atom is -0.476 e. The van der Waals surface area contributed by atoms with Crippen molar-refractivity contribution in [2.24, 2.45) is 4.99 Å². The zero-order valence-electron chi connectivity index (χ0n) is 9.27. The molecule has 2 rings (SSSR count). The standard InChI is InChI=1S/C12H14ClNO2/c1-12(2)7-16-11(14-12)10(15)8-5-3-4-6-9(8)13/h3-6,10,15H,7H2,1-2H3. The Kier molecular flexibility index (Phi) is 2.91. The largest absolute Gasteiger partial charge is 0.476 e. The van der Waals surface area contributed by atoms with E-state index in [2.05, 4.69) is 4.99 Å². The first kappa shape index (κ1) is 11.4. The van der Waals surface area contributed by atoms with E-state index in [1.807, 2.05) is 26.0 Å². The lowest BCUT2D eigenvalue weighted by Crippen LogP contribution is -2.17. The summed E-state index contributed by atoms with van der Waals surface area (Å²) in [6.07, 6.45) is -0.879. The van der Waals surface area contributed by atoms with Gasteiger partial charge in [0, 0.05) is 10.6 Å². The molecule has 0 bridgehead atoms. The Morgan fingerprint density at radius 1 is 1.44 bits per heavy atom. The van der Waals surface area contributed by atoms with Gasteiger partial charge in [0.25, 0.3) is 0 Å². The van der Waals surface area contributed by atoms with Crippen molar-refractivity contribution in [1.29, 1.82) is 0 Å². The molecule has 1 aromatic carbocycles. The first-order valence-electron chi connectivity index (χ1n) is 5.15. The predicted octanol–water partition coefficient (Wildman–Crippen LogP) is 2.58. The first-order valence-corrected chi connectivity index (χ1v) is 5.52. The Morgan fingerprint density at radius 2 is 2.12 bits per heavy atom. The van der Waals surface area contributed by atoms with Gasteiger partial charge in [-0.1, -0.05) is 29.8 Å². The summed E-state index contributed by atoms with van der Waals surface area (Å²) in [5, 5.41) is 10.6. The Morgan fingerprint density at radius 3 is 2.69 bits per heavy atom. The van der Waals surface area contributed by atoms with Crippen molar-refractivity contribution < 1.29 is 9.84 Å². The average Bonchev–Trinajstić information content (AvgIpc) is 2.59. The van der Waals surface area contributed by atoms with Crippen molar-refractivity contribution in [3.8, 4) is 0 Å². The highest BCUT2D eigenvalue weighted by atomic mass is 35.5. The van der Waals surface area contributed by atoms with Gasteiger partial charge in [0.1, 0.15) is 6.61 Å². The molecule has 4 heteroatoms. The molecule has 0 spiro atoms. The molecular weight excluding hydrogens is 226 g/mol. The van der Waals surface area contributed by atoms with Crippen molar-refractivity contribution in [3.05, 3.63) is 34.9 Å². The molecule has 16 heavy (non-hydrogen) atoms. The molecular formula is C12H14ClNO2. The van der Waals surface area contributed by atoms with Gasteiger partial charge in [-0.3, -0.25) is 0 Å². The van der Waals surface area contributed by atoms with Crippen LogP contribution >= 0.6 is 11.6 Å². The van der Waals surface area contributed by atoms with Crippen LogP contribution in [0.1, 0.15) is 25.5 Å². The maximum Gasteiger partial charge on any atom is 0.218 e. The number of ether oxygens (including phenoxy) is 1. The average molecular weight is 240 g/mol. The summed E-state index contributed by atoms with van der Waals surface area (Å²) in [6, 6.07) is 7.15. The highest BCUT2D eigenvalue weighted by Gasteiger charge is 2.31. The van der Waals surface area contributed by atoms with Crippen LogP contribution in [0.25, 0.3) is 0 Å². The number of rotatable bonds is 2. The lowest BCUT2D eigenvalue weighted by molar-refractivity contribution is 0.193. The third kappa shape index (κ3) is 2.20. The SMILES string of the molecule is CC1(C)COC(C(O)c2ccccc2Cl)=N1. The van der Waals surface area contributed by atoms with E-state index in [0.717, 1.165) is 0 Å². The van der Waals surface area contributed by atoms with Gasteiger partial charge < -0.3 is 9.84 Å². The summed E-state index contributed by atoms with van der Waals surface area (Å²) in [5.41, 5.74) is 0.359. The van der Waals surface area contributed by atoms with E-state index in [0.29, 0.717) is 23.1 Å². The van der Waals surface area contributed by atoms with Gasteiger partial charge in [0.2, 0.25) is 5.90 Å². The number of aliphatic hydroxyl groups is 1. The van der Waals surface area contributed by atoms with E-state index in [1.165, 1.54) is 0 Å². The summed E-state index contributed by atoms with van der Waals surface area (Å²) in [5.74, 6) is 0.345. The number of hydrogen-bond acceptors (Lipinski definition) is 3. The van der Waals surface area contributed by atoms with Gasteiger partial charge >= 0.3 is 0 Å². The van der Waals surface area contributed by atoms with Crippen molar-refractivity contribution in [1.82, 2.24) is 0 Å². The highest BCUT2D eigenvalue weighted by Crippen LogP contribution is 2.28. The fourth-order valence-corrected chi connectivity index (χ4v) is 1.82. The molecule has 0 fully saturated rings. The second kappa shape index (κ2) is 4.07. The second-order valence-electron chi connectivity index (χ2n) is 4.48. The van der Waals surface area contributed by atoms with Gasteiger partial charge in [-0.2, -0.15) is 0 Å². The van der Waals surface area contributed by atoms with Gasteiger partial charge in [-0.15, -0.1) is 0 Å². The van der Waals surface area contributed by atoms with E-state index >= 15 is 0 Å². The van der Waals surface area contributed by atoms with E-state index in [1.54, 1.807) is 12.1 Å². The molecule has 1 heterocycles. The number of benzene rings is 1. The topological polar surface area (TPSA) is 41.8 Å². The molecule has 0 radical (unpaired) electrons. The molecule has 86 valence electrons. The van der Waals surface area contributed by atoms with Crippen LogP contribution in [-0.4, -0.2) is 23.2 Å². The van der Waals surface area contributed by atoms with Crippen LogP contribution in [0.2, 0.25) is 5.02 Å². The summed E-state index contributed by atoms with van der Waals surface area (Å²) in [7, 11) is 0. The molecule has 0 saturated heterocycles. The zero-order valence-corrected chi connectivity index (χ0v) is 10.0. The molecule has 0 amide bonds. The van der Waals surface area contributed by atoms with Crippen LogP contribution in [0.5, 0.6) is 0 Å². The number of aliphatic imine (C=N–C) groups is 1. The molecule has 1 N–H and O–H groups in total. The van der Waals surface area contributed by atoms with Gasteiger partial charge in [0.15, 0.2) is 6.10 Å². The van der Waals surface area contributed by atoms with E-state index < -0.39 is 6.10 Å². The maximum atomic E-state index is 10.1. The highest BCUT2D eigenvalue weighted by molar-refractivity contribution is 6.31. The molecule has 3 nitrogen and oxygen atoms in total. The van der Waals surface area contributed by atoms with Crippen LogP contribution in [0.15, 0.2) is 29.3 Å². The molecule has 0 saturated carbocycles. The Bertz CT molecular complexity index is 429. The zero-order chi connectivity index (χ0) is 11.8. The van der Waals surface area contributed by atoms with Crippen molar-refractivity contribution in [2.45, 2.75) is 25.5 Å². The first-order chi connectivity index (χ1) is 7.49. The van der Waals surface area contributed by atoms with Crippen molar-refractivity contribution in [3.63, 3.8) is 0 Å². The van der Waals surface area contributed by atoms with E-state index in [-0.39, 0.29) is 5.54 Å². The van der Waals surface area contributed by atoms with Gasteiger partial charge in [-0.05, 0) is 19.9 Å². The molecule has 1 aliphatic rings. The Balaban J connectivity index is 2.27. The lowest BCUT2D eigenvalue weighted by Gasteiger charge is -2.11. The fourth-order valence-electron chi connectivity index (χ4n) is 1.58. The number of aliphatic hydroxyl groups excluding tert-OH is 1. The summed E-state index contributed by atoms with van der Waals surface area (Å²) in [6.45, 7) is 4.41. The van der Waals surface area contributed by atoms with Crippen molar-refractivity contribution in [2.75, 3.05) is 6.61 Å². The third-order valence-corrected chi connectivity index (χ3v) is 2.76. The third-order valence-electron chi connectivity index (χ3n) is 2.42. The molecule has 1 unspecified atom stereocenters. The fraction of sp³-hybridized carbons (Fsp3) is 0.417. The quantitative estimate of drug-likeness (QED) is 0.862. The normalized spacial score (nSPS) is 20.1. The summed E-state index contributed by atoms with van der Waals surface area (Å²) < 4.78 is 5.38. The second-order valence-corrected chi connectivity index (χ2v) is 4.88. The molecule has 1 aromatic rings. The lowest BCUT2D eigenvalue weighted by atomic mass is 10.1. The molecule has 1 aliphatic heterocycles. The van der Waals surface area contributed by atoms with Crippen LogP contribution < -0.4 is 0 Å². The van der Waals surface area contributed by atoms with E-state index in [4.69, 9.17) is 16.3 Å². The van der Waals surface area contributed by atoms with Crippen LogP contribution in [0, 0.1) is 0 Å². The maximum absolute atomic E-state index is 10.1. The number of halogens is 1. The Labute approximate surface area is 99.7 Å². The molecule has 0 aromatic heterocycles. The van der Waals surface area contributed by atoms with Gasteiger partial charge in [0.05, 0.1) is 5.54 Å². The predicted molar refractivity (Wildman–Crippen MR) is 63.9 cm³/mol. The van der Waals surface area contributed by atoms with Crippen LogP contribution in [-0.2, 0) is 4.74 Å². The monoisotopic (exact) mass is 239 g/mol. The smallest absolute Gasteiger partial charge is 0.218 e. The van der Waals surface area contributed by atoms with Gasteiger partial charge in [-0.25, -0.2) is 4.99 Å². The van der Waals surface area contributed by atoms with E-state index in [9.17, 15) is 5.11 Å². The number of hydrogen-bond donors (Lipinski definition) is 1. The summed E-state index contributed by atoms with van der Waals surface area (Å²) >= 11 is 6.00. The number of nitrogens with zero attached hydrogens (tertiary/aromatic N) is 1. The van der Waals surface area contributed by atoms with Crippen molar-refractivity contribution >= 4 is 17.5 Å². The Hall–Kier alpha value is -1.06. The van der Waals surface area contributed by atoms with Crippen LogP contribution in [0.3, 0.4) is 0 Å². The molecule has 1 atom stereocenters.